The summed E-state index contributed by atoms with van der Waals surface area (Å²) in [4.78, 5) is 22.0. The molecular formula is C12H15NO3. The van der Waals surface area contributed by atoms with Gasteiger partial charge in [-0.2, -0.15) is 0 Å². The van der Waals surface area contributed by atoms with Crippen molar-refractivity contribution in [2.75, 3.05) is 11.9 Å². The fourth-order valence-electron chi connectivity index (χ4n) is 1.15. The number of nitrogens with one attached hydrogen (secondary N) is 1. The van der Waals surface area contributed by atoms with Crippen molar-refractivity contribution in [1.82, 2.24) is 0 Å². The molecule has 0 aliphatic carbocycles. The maximum absolute atomic E-state index is 11.1. The smallest absolute Gasteiger partial charge is 0.221 e. The molecule has 4 nitrogen and oxygen atoms in total. The van der Waals surface area contributed by atoms with E-state index in [-0.39, 0.29) is 18.3 Å². The predicted octanol–water partition coefficient (Wildman–Crippen LogP) is 2.00. The molecular weight excluding hydrogens is 206 g/mol. The van der Waals surface area contributed by atoms with E-state index in [1.165, 1.54) is 6.92 Å². The molecule has 1 rings (SSSR count). The maximum Gasteiger partial charge on any atom is 0.221 e. The maximum atomic E-state index is 11.1. The van der Waals surface area contributed by atoms with Gasteiger partial charge in [-0.05, 0) is 12.1 Å². The number of benzene rings is 1. The van der Waals surface area contributed by atoms with Gasteiger partial charge >= 0.3 is 0 Å². The lowest BCUT2D eigenvalue weighted by Crippen LogP contribution is -2.12. The zero-order valence-corrected chi connectivity index (χ0v) is 9.45. The lowest BCUT2D eigenvalue weighted by molar-refractivity contribution is -0.120. The van der Waals surface area contributed by atoms with Gasteiger partial charge in [0.05, 0.1) is 5.69 Å². The number of hydrogen-bond donors (Lipinski definition) is 1. The van der Waals surface area contributed by atoms with Crippen LogP contribution in [0.25, 0.3) is 0 Å². The summed E-state index contributed by atoms with van der Waals surface area (Å²) < 4.78 is 5.33. The first-order valence-electron chi connectivity index (χ1n) is 5.14. The summed E-state index contributed by atoms with van der Waals surface area (Å²) in [6.07, 6.45) is 0.447. The van der Waals surface area contributed by atoms with E-state index in [1.54, 1.807) is 31.2 Å². The number of carbonyl (C=O) groups is 2. The van der Waals surface area contributed by atoms with E-state index >= 15 is 0 Å². The number of para-hydroxylation sites is 2. The second-order valence-electron chi connectivity index (χ2n) is 3.36. The highest BCUT2D eigenvalue weighted by molar-refractivity contribution is 5.90. The van der Waals surface area contributed by atoms with E-state index < -0.39 is 0 Å². The van der Waals surface area contributed by atoms with E-state index in [1.807, 2.05) is 0 Å². The minimum absolute atomic E-state index is 0.0256. The number of ketones is 1. The number of amides is 1. The Hall–Kier alpha value is -1.84. The van der Waals surface area contributed by atoms with Crippen LogP contribution in [-0.4, -0.2) is 18.3 Å². The van der Waals surface area contributed by atoms with Crippen LogP contribution in [0.15, 0.2) is 24.3 Å². The molecule has 1 aromatic rings. The minimum atomic E-state index is -0.169. The second-order valence-corrected chi connectivity index (χ2v) is 3.36. The molecule has 1 amide bonds. The molecule has 4 heteroatoms. The van der Waals surface area contributed by atoms with Gasteiger partial charge in [0.1, 0.15) is 12.4 Å². The molecule has 0 heterocycles. The van der Waals surface area contributed by atoms with E-state index in [2.05, 4.69) is 5.32 Å². The Kier molecular flexibility index (Phi) is 4.51. The molecule has 0 aromatic heterocycles. The van der Waals surface area contributed by atoms with Crippen molar-refractivity contribution in [1.29, 1.82) is 0 Å². The largest absolute Gasteiger partial charge is 0.484 e. The summed E-state index contributed by atoms with van der Waals surface area (Å²) in [5.74, 6) is 0.370. The van der Waals surface area contributed by atoms with Crippen LogP contribution in [-0.2, 0) is 9.59 Å². The molecule has 0 radical (unpaired) electrons. The minimum Gasteiger partial charge on any atom is -0.484 e. The molecule has 1 N–H and O–H groups in total. The van der Waals surface area contributed by atoms with Gasteiger partial charge in [-0.3, -0.25) is 9.59 Å². The quantitative estimate of drug-likeness (QED) is 0.827. The molecule has 0 bridgehead atoms. The molecule has 0 unspecified atom stereocenters. The van der Waals surface area contributed by atoms with Crippen LogP contribution in [0.1, 0.15) is 20.3 Å². The van der Waals surface area contributed by atoms with Crippen molar-refractivity contribution in [2.24, 2.45) is 0 Å². The number of carbonyl (C=O) groups excluding carboxylic acids is 2. The van der Waals surface area contributed by atoms with Crippen LogP contribution < -0.4 is 10.1 Å². The van der Waals surface area contributed by atoms with Gasteiger partial charge in [-0.15, -0.1) is 0 Å². The zero-order chi connectivity index (χ0) is 12.0. The topological polar surface area (TPSA) is 55.4 Å². The second kappa shape index (κ2) is 5.90. The molecule has 0 aliphatic rings. The van der Waals surface area contributed by atoms with Gasteiger partial charge in [-0.1, -0.05) is 19.1 Å². The summed E-state index contributed by atoms with van der Waals surface area (Å²) in [7, 11) is 0. The number of hydrogen-bond acceptors (Lipinski definition) is 3. The lowest BCUT2D eigenvalue weighted by Gasteiger charge is -2.10. The van der Waals surface area contributed by atoms with Crippen LogP contribution in [0, 0.1) is 0 Å². The summed E-state index contributed by atoms with van der Waals surface area (Å²) in [5, 5.41) is 2.64. The van der Waals surface area contributed by atoms with E-state index in [0.717, 1.165) is 0 Å². The Balaban J connectivity index is 2.70. The average molecular weight is 221 g/mol. The van der Waals surface area contributed by atoms with Crippen molar-refractivity contribution in [2.45, 2.75) is 20.3 Å². The Morgan fingerprint density at radius 1 is 1.31 bits per heavy atom. The summed E-state index contributed by atoms with van der Waals surface area (Å²) in [6.45, 7) is 3.24. The first kappa shape index (κ1) is 12.2. The van der Waals surface area contributed by atoms with Crippen LogP contribution in [0.4, 0.5) is 5.69 Å². The van der Waals surface area contributed by atoms with Crippen LogP contribution in [0.5, 0.6) is 5.75 Å². The molecule has 86 valence electrons. The monoisotopic (exact) mass is 221 g/mol. The van der Waals surface area contributed by atoms with Gasteiger partial charge in [0.25, 0.3) is 0 Å². The SMILES string of the molecule is CCC(=O)COc1ccccc1NC(C)=O. The highest BCUT2D eigenvalue weighted by Crippen LogP contribution is 2.23. The third-order valence-corrected chi connectivity index (χ3v) is 1.98. The van der Waals surface area contributed by atoms with Gasteiger partial charge in [0.2, 0.25) is 5.91 Å². The van der Waals surface area contributed by atoms with Crippen molar-refractivity contribution in [3.8, 4) is 5.75 Å². The van der Waals surface area contributed by atoms with Crippen LogP contribution in [0.2, 0.25) is 0 Å². The van der Waals surface area contributed by atoms with E-state index in [4.69, 9.17) is 4.74 Å². The molecule has 16 heavy (non-hydrogen) atoms. The Morgan fingerprint density at radius 3 is 2.62 bits per heavy atom. The zero-order valence-electron chi connectivity index (χ0n) is 9.45. The first-order valence-corrected chi connectivity index (χ1v) is 5.14. The third kappa shape index (κ3) is 3.73. The number of Topliss-reactive ketones (excluding diaryl/α,β-unsaturated/α-hetero) is 1. The normalized spacial score (nSPS) is 9.62. The molecule has 0 spiro atoms. The number of rotatable bonds is 5. The molecule has 0 aliphatic heterocycles. The van der Waals surface area contributed by atoms with E-state index in [9.17, 15) is 9.59 Å². The van der Waals surface area contributed by atoms with Crippen molar-refractivity contribution < 1.29 is 14.3 Å². The molecule has 0 saturated heterocycles. The van der Waals surface area contributed by atoms with Crippen LogP contribution >= 0.6 is 0 Å². The molecule has 0 atom stereocenters. The van der Waals surface area contributed by atoms with Crippen molar-refractivity contribution in [3.05, 3.63) is 24.3 Å². The fraction of sp³-hybridized carbons (Fsp3) is 0.333. The van der Waals surface area contributed by atoms with Crippen molar-refractivity contribution >= 4 is 17.4 Å². The molecule has 0 fully saturated rings. The molecule has 0 saturated carbocycles. The molecule has 1 aromatic carbocycles. The Morgan fingerprint density at radius 2 is 2.00 bits per heavy atom. The fourth-order valence-corrected chi connectivity index (χ4v) is 1.15. The Bertz CT molecular complexity index is 388. The van der Waals surface area contributed by atoms with Gasteiger partial charge in [0, 0.05) is 13.3 Å². The van der Waals surface area contributed by atoms with Gasteiger partial charge in [-0.25, -0.2) is 0 Å². The highest BCUT2D eigenvalue weighted by atomic mass is 16.5. The lowest BCUT2D eigenvalue weighted by atomic mass is 10.3. The summed E-state index contributed by atoms with van der Waals surface area (Å²) in [5.41, 5.74) is 0.582. The third-order valence-electron chi connectivity index (χ3n) is 1.98. The van der Waals surface area contributed by atoms with E-state index in [0.29, 0.717) is 17.9 Å². The number of anilines is 1. The Labute approximate surface area is 94.6 Å². The standard InChI is InChI=1S/C12H15NO3/c1-3-10(15)8-16-12-7-5-4-6-11(12)13-9(2)14/h4-7H,3,8H2,1-2H3,(H,13,14). The average Bonchev–Trinajstić information content (AvgIpc) is 2.26. The highest BCUT2D eigenvalue weighted by Gasteiger charge is 2.06. The first-order chi connectivity index (χ1) is 7.63. The predicted molar refractivity (Wildman–Crippen MR) is 61.5 cm³/mol. The number of ether oxygens (including phenoxy) is 1. The summed E-state index contributed by atoms with van der Waals surface area (Å²) in [6, 6.07) is 7.03. The van der Waals surface area contributed by atoms with Gasteiger partial charge in [0.15, 0.2) is 5.78 Å². The van der Waals surface area contributed by atoms with Crippen LogP contribution in [0.3, 0.4) is 0 Å². The van der Waals surface area contributed by atoms with Gasteiger partial charge < -0.3 is 10.1 Å². The van der Waals surface area contributed by atoms with Crippen molar-refractivity contribution in [3.63, 3.8) is 0 Å². The summed E-state index contributed by atoms with van der Waals surface area (Å²) >= 11 is 0.